The number of benzene rings is 1. The summed E-state index contributed by atoms with van der Waals surface area (Å²) in [5.74, 6) is 1.76. The number of carbonyl (C=O) groups excluding carboxylic acids is 1. The van der Waals surface area contributed by atoms with Crippen LogP contribution in [-0.2, 0) is 6.42 Å². The fraction of sp³-hybridized carbons (Fsp3) is 0.368. The van der Waals surface area contributed by atoms with Crippen molar-refractivity contribution in [3.05, 3.63) is 52.8 Å². The molecule has 0 saturated carbocycles. The van der Waals surface area contributed by atoms with Gasteiger partial charge in [-0.15, -0.1) is 0 Å². The van der Waals surface area contributed by atoms with Crippen LogP contribution in [-0.4, -0.2) is 31.2 Å². The molecule has 1 aromatic carbocycles. The molecule has 0 fully saturated rings. The molecule has 1 atom stereocenters. The molecule has 1 aliphatic heterocycles. The van der Waals surface area contributed by atoms with Gasteiger partial charge in [-0.05, 0) is 44.0 Å². The van der Waals surface area contributed by atoms with Gasteiger partial charge in [-0.1, -0.05) is 12.1 Å². The molecule has 126 valence electrons. The first-order chi connectivity index (χ1) is 11.6. The largest absolute Gasteiger partial charge is 0.493 e. The van der Waals surface area contributed by atoms with Gasteiger partial charge in [0.15, 0.2) is 11.5 Å². The Morgan fingerprint density at radius 3 is 2.79 bits per heavy atom. The summed E-state index contributed by atoms with van der Waals surface area (Å²) >= 11 is 0. The zero-order valence-corrected chi connectivity index (χ0v) is 14.3. The summed E-state index contributed by atoms with van der Waals surface area (Å²) in [6, 6.07) is 9.51. The smallest absolute Gasteiger partial charge is 0.251 e. The second-order valence-electron chi connectivity index (χ2n) is 6.18. The number of amides is 1. The fourth-order valence-corrected chi connectivity index (χ4v) is 3.05. The average molecular weight is 326 g/mol. The highest BCUT2D eigenvalue weighted by Gasteiger charge is 2.23. The predicted octanol–water partition coefficient (Wildman–Crippen LogP) is 2.69. The second-order valence-corrected chi connectivity index (χ2v) is 6.18. The Kier molecular flexibility index (Phi) is 4.69. The molecular formula is C19H22N2O3. The molecule has 5 nitrogen and oxygen atoms in total. The molecule has 5 heteroatoms. The lowest BCUT2D eigenvalue weighted by Crippen LogP contribution is -2.35. The number of hydrogen-bond donors (Lipinski definition) is 1. The van der Waals surface area contributed by atoms with Gasteiger partial charge in [0.2, 0.25) is 0 Å². The lowest BCUT2D eigenvalue weighted by molar-refractivity contribution is 0.0938. The molecule has 0 radical (unpaired) electrons. The maximum atomic E-state index is 12.3. The molecule has 1 N–H and O–H groups in total. The molecule has 2 aromatic rings. The van der Waals surface area contributed by atoms with Gasteiger partial charge in [0.1, 0.15) is 0 Å². The predicted molar refractivity (Wildman–Crippen MR) is 91.7 cm³/mol. The van der Waals surface area contributed by atoms with Crippen LogP contribution in [0.25, 0.3) is 0 Å². The third-order valence-corrected chi connectivity index (χ3v) is 4.15. The number of fused-ring (bicyclic) bond motifs is 1. The Morgan fingerprint density at radius 2 is 2.08 bits per heavy atom. The Morgan fingerprint density at radius 1 is 1.33 bits per heavy atom. The van der Waals surface area contributed by atoms with Gasteiger partial charge in [0.05, 0.1) is 13.7 Å². The number of ether oxygens (including phenoxy) is 2. The number of nitrogens with one attached hydrogen (secondary N) is 1. The highest BCUT2D eigenvalue weighted by Crippen LogP contribution is 2.35. The summed E-state index contributed by atoms with van der Waals surface area (Å²) in [6.45, 7) is 4.93. The van der Waals surface area contributed by atoms with E-state index in [0.717, 1.165) is 34.9 Å². The quantitative estimate of drug-likeness (QED) is 0.938. The Hall–Kier alpha value is -2.56. The van der Waals surface area contributed by atoms with Crippen LogP contribution in [0.1, 0.15) is 27.3 Å². The summed E-state index contributed by atoms with van der Waals surface area (Å²) in [7, 11) is 1.64. The number of hydrogen-bond acceptors (Lipinski definition) is 4. The van der Waals surface area contributed by atoms with Gasteiger partial charge in [-0.3, -0.25) is 9.78 Å². The van der Waals surface area contributed by atoms with Gasteiger partial charge in [0.25, 0.3) is 5.91 Å². The van der Waals surface area contributed by atoms with Crippen molar-refractivity contribution < 1.29 is 14.3 Å². The summed E-state index contributed by atoms with van der Waals surface area (Å²) in [5.41, 5.74) is 3.47. The Bertz CT molecular complexity index is 738. The van der Waals surface area contributed by atoms with Crippen LogP contribution < -0.4 is 14.8 Å². The van der Waals surface area contributed by atoms with Crippen molar-refractivity contribution in [2.24, 2.45) is 5.92 Å². The number of aryl methyl sites for hydroxylation is 2. The minimum Gasteiger partial charge on any atom is -0.493 e. The summed E-state index contributed by atoms with van der Waals surface area (Å²) < 4.78 is 11.2. The highest BCUT2D eigenvalue weighted by molar-refractivity contribution is 5.94. The van der Waals surface area contributed by atoms with E-state index in [1.165, 1.54) is 0 Å². The zero-order valence-electron chi connectivity index (χ0n) is 14.3. The van der Waals surface area contributed by atoms with E-state index in [0.29, 0.717) is 18.7 Å². The number of rotatable bonds is 4. The van der Waals surface area contributed by atoms with Crippen molar-refractivity contribution in [1.82, 2.24) is 10.3 Å². The van der Waals surface area contributed by atoms with E-state index in [4.69, 9.17) is 9.47 Å². The summed E-state index contributed by atoms with van der Waals surface area (Å²) in [4.78, 5) is 16.6. The first kappa shape index (κ1) is 16.3. The van der Waals surface area contributed by atoms with Crippen molar-refractivity contribution in [3.8, 4) is 11.5 Å². The number of nitrogens with zero attached hydrogens (tertiary/aromatic N) is 1. The van der Waals surface area contributed by atoms with Crippen LogP contribution in [0.4, 0.5) is 0 Å². The van der Waals surface area contributed by atoms with Gasteiger partial charge < -0.3 is 14.8 Å². The van der Waals surface area contributed by atoms with Gasteiger partial charge in [0, 0.05) is 29.4 Å². The standard InChI is InChI=1S/C19H22N2O3/c1-12-7-16(8-13(2)21-12)19(22)20-10-14-9-15-5-4-6-17(23-3)18(15)24-11-14/h4-8,14H,9-11H2,1-3H3,(H,20,22)/t14-/m0/s1. The maximum absolute atomic E-state index is 12.3. The van der Waals surface area contributed by atoms with Crippen molar-refractivity contribution in [2.45, 2.75) is 20.3 Å². The number of aromatic nitrogens is 1. The monoisotopic (exact) mass is 326 g/mol. The SMILES string of the molecule is COc1cccc2c1OC[C@H](CNC(=O)c1cc(C)nc(C)c1)C2. The Balaban J connectivity index is 1.62. The molecule has 0 spiro atoms. The van der Waals surface area contributed by atoms with Crippen LogP contribution in [0.2, 0.25) is 0 Å². The number of carbonyl (C=O) groups is 1. The average Bonchev–Trinajstić information content (AvgIpc) is 2.58. The Labute approximate surface area is 142 Å². The highest BCUT2D eigenvalue weighted by atomic mass is 16.5. The maximum Gasteiger partial charge on any atom is 0.251 e. The molecule has 24 heavy (non-hydrogen) atoms. The van der Waals surface area contributed by atoms with Crippen LogP contribution in [0.5, 0.6) is 11.5 Å². The van der Waals surface area contributed by atoms with Crippen molar-refractivity contribution >= 4 is 5.91 Å². The third kappa shape index (κ3) is 3.50. The molecule has 2 heterocycles. The molecule has 0 unspecified atom stereocenters. The van der Waals surface area contributed by atoms with Gasteiger partial charge in [-0.25, -0.2) is 0 Å². The van der Waals surface area contributed by atoms with E-state index in [9.17, 15) is 4.79 Å². The summed E-state index contributed by atoms with van der Waals surface area (Å²) in [6.07, 6.45) is 0.862. The molecule has 1 aromatic heterocycles. The number of pyridine rings is 1. The van der Waals surface area contributed by atoms with Gasteiger partial charge >= 0.3 is 0 Å². The van der Waals surface area contributed by atoms with E-state index < -0.39 is 0 Å². The first-order valence-electron chi connectivity index (χ1n) is 8.09. The zero-order chi connectivity index (χ0) is 17.1. The lowest BCUT2D eigenvalue weighted by Gasteiger charge is -2.26. The van der Waals surface area contributed by atoms with Crippen molar-refractivity contribution in [1.29, 1.82) is 0 Å². The van der Waals surface area contributed by atoms with E-state index in [1.807, 2.05) is 32.0 Å². The minimum atomic E-state index is -0.0694. The molecular weight excluding hydrogens is 304 g/mol. The lowest BCUT2D eigenvalue weighted by atomic mass is 9.96. The molecule has 0 bridgehead atoms. The first-order valence-corrected chi connectivity index (χ1v) is 8.09. The van der Waals surface area contributed by atoms with E-state index in [1.54, 1.807) is 19.2 Å². The van der Waals surface area contributed by atoms with Crippen molar-refractivity contribution in [3.63, 3.8) is 0 Å². The topological polar surface area (TPSA) is 60.5 Å². The molecule has 0 saturated heterocycles. The molecule has 3 rings (SSSR count). The van der Waals surface area contributed by atoms with Crippen molar-refractivity contribution in [2.75, 3.05) is 20.3 Å². The molecule has 1 amide bonds. The second kappa shape index (κ2) is 6.91. The van der Waals surface area contributed by atoms with Crippen LogP contribution in [0.3, 0.4) is 0 Å². The van der Waals surface area contributed by atoms with E-state index in [2.05, 4.69) is 10.3 Å². The molecule has 0 aliphatic carbocycles. The minimum absolute atomic E-state index is 0.0694. The number of para-hydroxylation sites is 1. The van der Waals surface area contributed by atoms with Gasteiger partial charge in [-0.2, -0.15) is 0 Å². The van der Waals surface area contributed by atoms with E-state index in [-0.39, 0.29) is 11.8 Å². The fourth-order valence-electron chi connectivity index (χ4n) is 3.05. The van der Waals surface area contributed by atoms with E-state index >= 15 is 0 Å². The van der Waals surface area contributed by atoms with Crippen LogP contribution in [0.15, 0.2) is 30.3 Å². The van der Waals surface area contributed by atoms with Crippen LogP contribution in [0, 0.1) is 19.8 Å². The normalized spacial score (nSPS) is 16.0. The third-order valence-electron chi connectivity index (χ3n) is 4.15. The summed E-state index contributed by atoms with van der Waals surface area (Å²) in [5, 5.41) is 3.00. The number of methoxy groups -OCH3 is 1. The van der Waals surface area contributed by atoms with Crippen LogP contribution >= 0.6 is 0 Å². The molecule has 1 aliphatic rings.